The summed E-state index contributed by atoms with van der Waals surface area (Å²) in [5.41, 5.74) is 0.607. The molecule has 0 bridgehead atoms. The first-order valence-corrected chi connectivity index (χ1v) is 6.26. The Morgan fingerprint density at radius 1 is 1.14 bits per heavy atom. The Balaban J connectivity index is 2.04. The van der Waals surface area contributed by atoms with Crippen LogP contribution in [0.2, 0.25) is 0 Å². The van der Waals surface area contributed by atoms with E-state index in [9.17, 15) is 18.4 Å². The summed E-state index contributed by atoms with van der Waals surface area (Å²) in [5, 5.41) is 0. The minimum Gasteiger partial charge on any atom is -0.435 e. The summed E-state index contributed by atoms with van der Waals surface area (Å²) in [6.07, 6.45) is 0.0721. The van der Waals surface area contributed by atoms with Crippen LogP contribution in [0.1, 0.15) is 19.4 Å². The van der Waals surface area contributed by atoms with Crippen molar-refractivity contribution in [2.45, 2.75) is 32.7 Å². The molecule has 114 valence electrons. The number of rotatable bonds is 4. The molecule has 1 aromatic carbocycles. The summed E-state index contributed by atoms with van der Waals surface area (Å²) in [5.74, 6) is -3.64. The molecule has 0 aromatic heterocycles. The Morgan fingerprint density at radius 3 is 2.14 bits per heavy atom. The van der Waals surface area contributed by atoms with Gasteiger partial charge in [-0.15, -0.1) is 0 Å². The lowest BCUT2D eigenvalue weighted by Gasteiger charge is -2.32. The number of ether oxygens (including phenoxy) is 3. The fraction of sp³-hybridized carbons (Fsp3) is 0.429. The first kappa shape index (κ1) is 15.2. The molecule has 1 fully saturated rings. The van der Waals surface area contributed by atoms with Crippen molar-refractivity contribution in [1.29, 1.82) is 0 Å². The second-order valence-corrected chi connectivity index (χ2v) is 5.02. The summed E-state index contributed by atoms with van der Waals surface area (Å²) in [7, 11) is 0. The van der Waals surface area contributed by atoms with Crippen molar-refractivity contribution in [1.82, 2.24) is 0 Å². The topological polar surface area (TPSA) is 61.8 Å². The Hall–Kier alpha value is -2.18. The molecular weight excluding hydrogens is 286 g/mol. The normalized spacial score (nSPS) is 18.3. The van der Waals surface area contributed by atoms with E-state index < -0.39 is 30.3 Å². The van der Waals surface area contributed by atoms with Crippen molar-refractivity contribution in [3.63, 3.8) is 0 Å². The number of halogens is 2. The number of cyclic esters (lactones) is 2. The minimum absolute atomic E-state index is 0.00341. The van der Waals surface area contributed by atoms with Crippen LogP contribution in [0.5, 0.6) is 5.75 Å². The van der Waals surface area contributed by atoms with E-state index in [0.29, 0.717) is 5.56 Å². The van der Waals surface area contributed by atoms with Gasteiger partial charge in [0.25, 0.3) is 5.79 Å². The van der Waals surface area contributed by atoms with Crippen molar-refractivity contribution in [3.05, 3.63) is 29.8 Å². The second kappa shape index (κ2) is 5.67. The quantitative estimate of drug-likeness (QED) is 0.630. The van der Waals surface area contributed by atoms with Gasteiger partial charge in [0.1, 0.15) is 5.75 Å². The fourth-order valence-corrected chi connectivity index (χ4v) is 1.95. The Morgan fingerprint density at radius 2 is 1.67 bits per heavy atom. The van der Waals surface area contributed by atoms with E-state index in [1.165, 1.54) is 38.1 Å². The molecule has 0 radical (unpaired) electrons. The van der Waals surface area contributed by atoms with Gasteiger partial charge in [0, 0.05) is 13.8 Å². The van der Waals surface area contributed by atoms with Gasteiger partial charge in [0.05, 0.1) is 0 Å². The molecule has 2 rings (SSSR count). The standard InChI is InChI=1S/C14H14F2O5/c1-14(2)20-11(17)10(12(18)21-14)7-8-3-5-9(6-4-8)19-13(15)16/h3-6,10,13H,7H2,1-2H3. The van der Waals surface area contributed by atoms with Crippen LogP contribution in [0.15, 0.2) is 24.3 Å². The van der Waals surface area contributed by atoms with Gasteiger partial charge < -0.3 is 14.2 Å². The van der Waals surface area contributed by atoms with Crippen molar-refractivity contribution >= 4 is 11.9 Å². The van der Waals surface area contributed by atoms with Crippen LogP contribution in [-0.2, 0) is 25.5 Å². The fourth-order valence-electron chi connectivity index (χ4n) is 1.95. The SMILES string of the molecule is CC1(C)OC(=O)C(Cc2ccc(OC(F)F)cc2)C(=O)O1. The summed E-state index contributed by atoms with van der Waals surface area (Å²) >= 11 is 0. The van der Waals surface area contributed by atoms with Gasteiger partial charge in [0.15, 0.2) is 5.92 Å². The van der Waals surface area contributed by atoms with Gasteiger partial charge in [-0.2, -0.15) is 8.78 Å². The Labute approximate surface area is 119 Å². The predicted molar refractivity (Wildman–Crippen MR) is 66.5 cm³/mol. The number of carbonyl (C=O) groups excluding carboxylic acids is 2. The molecule has 7 heteroatoms. The molecule has 0 atom stereocenters. The molecule has 0 aliphatic carbocycles. The highest BCUT2D eigenvalue weighted by Gasteiger charge is 2.42. The summed E-state index contributed by atoms with van der Waals surface area (Å²) in [6, 6.07) is 5.67. The van der Waals surface area contributed by atoms with Crippen molar-refractivity contribution in [2.75, 3.05) is 0 Å². The van der Waals surface area contributed by atoms with Crippen molar-refractivity contribution < 1.29 is 32.6 Å². The van der Waals surface area contributed by atoms with Gasteiger partial charge in [0.2, 0.25) is 0 Å². The van der Waals surface area contributed by atoms with E-state index in [1.807, 2.05) is 0 Å². The highest BCUT2D eigenvalue weighted by molar-refractivity contribution is 5.96. The van der Waals surface area contributed by atoms with Gasteiger partial charge in [-0.25, -0.2) is 0 Å². The predicted octanol–water partition coefficient (Wildman–Crippen LogP) is 2.28. The Bertz CT molecular complexity index is 519. The van der Waals surface area contributed by atoms with E-state index in [0.717, 1.165) is 0 Å². The first-order chi connectivity index (χ1) is 9.77. The highest BCUT2D eigenvalue weighted by Crippen LogP contribution is 2.26. The van der Waals surface area contributed by atoms with E-state index in [2.05, 4.69) is 4.74 Å². The number of carbonyl (C=O) groups is 2. The van der Waals surface area contributed by atoms with Crippen molar-refractivity contribution in [2.24, 2.45) is 5.92 Å². The van der Waals surface area contributed by atoms with E-state index in [-0.39, 0.29) is 12.2 Å². The van der Waals surface area contributed by atoms with Crippen molar-refractivity contribution in [3.8, 4) is 5.75 Å². The monoisotopic (exact) mass is 300 g/mol. The summed E-state index contributed by atoms with van der Waals surface area (Å²) < 4.78 is 38.3. The lowest BCUT2D eigenvalue weighted by Crippen LogP contribution is -2.46. The average Bonchev–Trinajstić information content (AvgIpc) is 2.34. The van der Waals surface area contributed by atoms with Crippen LogP contribution in [0, 0.1) is 5.92 Å². The minimum atomic E-state index is -2.90. The van der Waals surface area contributed by atoms with Crippen LogP contribution in [0.25, 0.3) is 0 Å². The van der Waals surface area contributed by atoms with Crippen LogP contribution in [-0.4, -0.2) is 24.3 Å². The molecule has 0 saturated carbocycles. The maximum absolute atomic E-state index is 12.0. The molecule has 1 aromatic rings. The van der Waals surface area contributed by atoms with Gasteiger partial charge in [-0.05, 0) is 24.1 Å². The molecule has 1 heterocycles. The van der Waals surface area contributed by atoms with Gasteiger partial charge >= 0.3 is 18.6 Å². The average molecular weight is 300 g/mol. The highest BCUT2D eigenvalue weighted by atomic mass is 19.3. The zero-order chi connectivity index (χ0) is 15.6. The maximum atomic E-state index is 12.0. The largest absolute Gasteiger partial charge is 0.435 e. The molecule has 0 unspecified atom stereocenters. The van der Waals surface area contributed by atoms with Crippen LogP contribution in [0.3, 0.4) is 0 Å². The van der Waals surface area contributed by atoms with E-state index >= 15 is 0 Å². The van der Waals surface area contributed by atoms with Crippen LogP contribution < -0.4 is 4.74 Å². The van der Waals surface area contributed by atoms with Crippen LogP contribution in [0.4, 0.5) is 8.78 Å². The summed E-state index contributed by atoms with van der Waals surface area (Å²) in [6.45, 7) is 0.0340. The number of alkyl halides is 2. The number of benzene rings is 1. The zero-order valence-corrected chi connectivity index (χ0v) is 11.5. The molecule has 5 nitrogen and oxygen atoms in total. The third-order valence-corrected chi connectivity index (χ3v) is 2.85. The number of hydrogen-bond acceptors (Lipinski definition) is 5. The van der Waals surface area contributed by atoms with E-state index in [4.69, 9.17) is 9.47 Å². The Kier molecular flexibility index (Phi) is 4.11. The third kappa shape index (κ3) is 3.90. The molecule has 0 amide bonds. The summed E-state index contributed by atoms with van der Waals surface area (Å²) in [4.78, 5) is 23.6. The van der Waals surface area contributed by atoms with Gasteiger partial charge in [-0.3, -0.25) is 9.59 Å². The molecule has 21 heavy (non-hydrogen) atoms. The molecule has 0 N–H and O–H groups in total. The smallest absolute Gasteiger partial charge is 0.387 e. The first-order valence-electron chi connectivity index (χ1n) is 6.26. The van der Waals surface area contributed by atoms with Crippen LogP contribution >= 0.6 is 0 Å². The molecule has 1 aliphatic heterocycles. The zero-order valence-electron chi connectivity index (χ0n) is 11.5. The molecule has 0 spiro atoms. The lowest BCUT2D eigenvalue weighted by atomic mass is 9.98. The second-order valence-electron chi connectivity index (χ2n) is 5.02. The third-order valence-electron chi connectivity index (χ3n) is 2.85. The molecule has 1 saturated heterocycles. The molecular formula is C14H14F2O5. The number of hydrogen-bond donors (Lipinski definition) is 0. The lowest BCUT2D eigenvalue weighted by molar-refractivity contribution is -0.239. The van der Waals surface area contributed by atoms with E-state index in [1.54, 1.807) is 0 Å². The number of esters is 2. The molecule has 1 aliphatic rings. The van der Waals surface area contributed by atoms with Gasteiger partial charge in [-0.1, -0.05) is 12.1 Å². The maximum Gasteiger partial charge on any atom is 0.387 e.